The van der Waals surface area contributed by atoms with Crippen LogP contribution < -0.4 is 5.32 Å². The van der Waals surface area contributed by atoms with E-state index in [1.54, 1.807) is 18.2 Å². The van der Waals surface area contributed by atoms with Crippen LogP contribution in [0.2, 0.25) is 10.0 Å². The lowest BCUT2D eigenvalue weighted by atomic mass is 10.1. The number of benzene rings is 2. The first-order chi connectivity index (χ1) is 10.9. The van der Waals surface area contributed by atoms with Crippen molar-refractivity contribution in [3.05, 3.63) is 63.6 Å². The van der Waals surface area contributed by atoms with Crippen LogP contribution >= 0.6 is 23.2 Å². The summed E-state index contributed by atoms with van der Waals surface area (Å²) in [6.07, 6.45) is 0. The molecule has 23 heavy (non-hydrogen) atoms. The lowest BCUT2D eigenvalue weighted by Crippen LogP contribution is -2.32. The molecule has 5 heteroatoms. The molecule has 1 atom stereocenters. The summed E-state index contributed by atoms with van der Waals surface area (Å²) in [4.78, 5) is 14.2. The van der Waals surface area contributed by atoms with Gasteiger partial charge in [-0.1, -0.05) is 59.1 Å². The van der Waals surface area contributed by atoms with E-state index in [1.165, 1.54) is 11.1 Å². The van der Waals surface area contributed by atoms with Gasteiger partial charge in [0.05, 0.1) is 22.3 Å². The zero-order valence-corrected chi connectivity index (χ0v) is 14.9. The number of hydrogen-bond acceptors (Lipinski definition) is 2. The molecule has 2 aromatic carbocycles. The molecule has 0 aromatic heterocycles. The van der Waals surface area contributed by atoms with Gasteiger partial charge in [-0.2, -0.15) is 0 Å². The van der Waals surface area contributed by atoms with Gasteiger partial charge >= 0.3 is 0 Å². The minimum Gasteiger partial charge on any atom is -0.322 e. The first kappa shape index (κ1) is 17.8. The van der Waals surface area contributed by atoms with E-state index < -0.39 is 0 Å². The summed E-state index contributed by atoms with van der Waals surface area (Å²) < 4.78 is 0. The number of halogens is 2. The first-order valence-electron chi connectivity index (χ1n) is 7.39. The molecule has 1 N–H and O–H groups in total. The number of nitrogens with one attached hydrogen (secondary N) is 1. The number of carbonyl (C=O) groups is 1. The fourth-order valence-electron chi connectivity index (χ4n) is 2.26. The van der Waals surface area contributed by atoms with E-state index in [2.05, 4.69) is 43.4 Å². The van der Waals surface area contributed by atoms with E-state index in [0.717, 1.165) is 0 Å². The molecule has 2 rings (SSSR count). The van der Waals surface area contributed by atoms with E-state index in [4.69, 9.17) is 23.2 Å². The molecule has 122 valence electrons. The Morgan fingerprint density at radius 3 is 2.26 bits per heavy atom. The number of nitrogens with zero attached hydrogens (tertiary/aromatic N) is 1. The Kier molecular flexibility index (Phi) is 6.05. The van der Waals surface area contributed by atoms with Crippen LogP contribution in [0.15, 0.2) is 42.5 Å². The third-order valence-corrected chi connectivity index (χ3v) is 4.47. The van der Waals surface area contributed by atoms with Gasteiger partial charge in [0, 0.05) is 6.04 Å². The molecule has 0 fully saturated rings. The Morgan fingerprint density at radius 1 is 1.13 bits per heavy atom. The molecule has 0 aliphatic rings. The molecule has 0 bridgehead atoms. The smallest absolute Gasteiger partial charge is 0.238 e. The van der Waals surface area contributed by atoms with Crippen LogP contribution in [-0.2, 0) is 4.79 Å². The van der Waals surface area contributed by atoms with Gasteiger partial charge in [0.2, 0.25) is 5.91 Å². The van der Waals surface area contributed by atoms with Crippen LogP contribution in [0.5, 0.6) is 0 Å². The minimum absolute atomic E-state index is 0.128. The Hall–Kier alpha value is -1.55. The quantitative estimate of drug-likeness (QED) is 0.828. The zero-order valence-electron chi connectivity index (χ0n) is 13.4. The van der Waals surface area contributed by atoms with Crippen molar-refractivity contribution in [3.63, 3.8) is 0 Å². The highest BCUT2D eigenvalue weighted by molar-refractivity contribution is 6.39. The second-order valence-electron chi connectivity index (χ2n) is 5.65. The van der Waals surface area contributed by atoms with Gasteiger partial charge in [0.25, 0.3) is 0 Å². The highest BCUT2D eigenvalue weighted by Crippen LogP contribution is 2.29. The largest absolute Gasteiger partial charge is 0.322 e. The van der Waals surface area contributed by atoms with Crippen molar-refractivity contribution in [3.8, 4) is 0 Å². The standard InChI is InChI=1S/C18H20Cl2N2O/c1-12-7-9-14(10-8-12)13(2)22(3)11-17(23)21-18-15(19)5-4-6-16(18)20/h4-10,13H,11H2,1-3H3,(H,21,23). The third kappa shape index (κ3) is 4.71. The lowest BCUT2D eigenvalue weighted by Gasteiger charge is -2.24. The molecule has 0 saturated heterocycles. The van der Waals surface area contributed by atoms with Crippen molar-refractivity contribution in [2.24, 2.45) is 0 Å². The summed E-state index contributed by atoms with van der Waals surface area (Å²) in [5.41, 5.74) is 2.84. The Bertz CT molecular complexity index is 666. The van der Waals surface area contributed by atoms with E-state index in [0.29, 0.717) is 15.7 Å². The summed E-state index contributed by atoms with van der Waals surface area (Å²) >= 11 is 12.1. The second-order valence-corrected chi connectivity index (χ2v) is 6.46. The Balaban J connectivity index is 2.00. The summed E-state index contributed by atoms with van der Waals surface area (Å²) in [6, 6.07) is 13.6. The Labute approximate surface area is 147 Å². The maximum absolute atomic E-state index is 12.2. The average Bonchev–Trinajstić information content (AvgIpc) is 2.51. The molecule has 0 aliphatic heterocycles. The van der Waals surface area contributed by atoms with Gasteiger partial charge in [-0.25, -0.2) is 0 Å². The fourth-order valence-corrected chi connectivity index (χ4v) is 2.75. The molecular weight excluding hydrogens is 331 g/mol. The van der Waals surface area contributed by atoms with Crippen LogP contribution in [0.3, 0.4) is 0 Å². The van der Waals surface area contributed by atoms with Crippen molar-refractivity contribution in [1.82, 2.24) is 4.90 Å². The predicted octanol–water partition coefficient (Wildman–Crippen LogP) is 4.93. The highest BCUT2D eigenvalue weighted by Gasteiger charge is 2.16. The second kappa shape index (κ2) is 7.82. The summed E-state index contributed by atoms with van der Waals surface area (Å²) in [7, 11) is 1.91. The van der Waals surface area contributed by atoms with Gasteiger partial charge in [0.1, 0.15) is 0 Å². The van der Waals surface area contributed by atoms with Gasteiger partial charge < -0.3 is 5.32 Å². The van der Waals surface area contributed by atoms with Crippen LogP contribution in [-0.4, -0.2) is 24.4 Å². The monoisotopic (exact) mass is 350 g/mol. The van der Waals surface area contributed by atoms with E-state index in [9.17, 15) is 4.79 Å². The summed E-state index contributed by atoms with van der Waals surface area (Å²) in [5, 5.41) is 3.64. The van der Waals surface area contributed by atoms with Crippen molar-refractivity contribution in [2.45, 2.75) is 19.9 Å². The van der Waals surface area contributed by atoms with Gasteiger partial charge in [0.15, 0.2) is 0 Å². The predicted molar refractivity (Wildman–Crippen MR) is 97.3 cm³/mol. The number of rotatable bonds is 5. The average molecular weight is 351 g/mol. The molecule has 3 nitrogen and oxygen atoms in total. The normalized spacial score (nSPS) is 12.3. The van der Waals surface area contributed by atoms with Crippen LogP contribution in [0.4, 0.5) is 5.69 Å². The van der Waals surface area contributed by atoms with Gasteiger partial charge in [-0.15, -0.1) is 0 Å². The summed E-state index contributed by atoms with van der Waals surface area (Å²) in [6.45, 7) is 4.37. The van der Waals surface area contributed by atoms with Crippen molar-refractivity contribution < 1.29 is 4.79 Å². The molecule has 0 heterocycles. The van der Waals surface area contributed by atoms with Crippen LogP contribution in [0, 0.1) is 6.92 Å². The number of likely N-dealkylation sites (N-methyl/N-ethyl adjacent to an activating group) is 1. The number of anilines is 1. The maximum Gasteiger partial charge on any atom is 0.238 e. The molecule has 2 aromatic rings. The van der Waals surface area contributed by atoms with E-state index >= 15 is 0 Å². The molecular formula is C18H20Cl2N2O. The van der Waals surface area contributed by atoms with Crippen LogP contribution in [0.1, 0.15) is 24.1 Å². The molecule has 0 radical (unpaired) electrons. The highest BCUT2D eigenvalue weighted by atomic mass is 35.5. The van der Waals surface area contributed by atoms with Gasteiger partial charge in [-0.3, -0.25) is 9.69 Å². The van der Waals surface area contributed by atoms with Crippen molar-refractivity contribution in [2.75, 3.05) is 18.9 Å². The third-order valence-electron chi connectivity index (χ3n) is 3.84. The molecule has 0 saturated carbocycles. The maximum atomic E-state index is 12.2. The SMILES string of the molecule is Cc1ccc(C(C)N(C)CC(=O)Nc2c(Cl)cccc2Cl)cc1. The number of aryl methyl sites for hydroxylation is 1. The molecule has 1 unspecified atom stereocenters. The topological polar surface area (TPSA) is 32.3 Å². The molecule has 0 aliphatic carbocycles. The van der Waals surface area contributed by atoms with E-state index in [-0.39, 0.29) is 18.5 Å². The fraction of sp³-hybridized carbons (Fsp3) is 0.278. The molecule has 1 amide bonds. The number of amides is 1. The number of para-hydroxylation sites is 1. The zero-order chi connectivity index (χ0) is 17.0. The van der Waals surface area contributed by atoms with Crippen molar-refractivity contribution >= 4 is 34.8 Å². The first-order valence-corrected chi connectivity index (χ1v) is 8.14. The Morgan fingerprint density at radius 2 is 1.70 bits per heavy atom. The van der Waals surface area contributed by atoms with Crippen molar-refractivity contribution in [1.29, 1.82) is 0 Å². The van der Waals surface area contributed by atoms with E-state index in [1.807, 2.05) is 11.9 Å². The molecule has 0 spiro atoms. The number of hydrogen-bond donors (Lipinski definition) is 1. The van der Waals surface area contributed by atoms with Crippen LogP contribution in [0.25, 0.3) is 0 Å². The minimum atomic E-state index is -0.151. The number of carbonyl (C=O) groups excluding carboxylic acids is 1. The lowest BCUT2D eigenvalue weighted by molar-refractivity contribution is -0.117. The summed E-state index contributed by atoms with van der Waals surface area (Å²) in [5.74, 6) is -0.151. The van der Waals surface area contributed by atoms with Gasteiger partial charge in [-0.05, 0) is 38.6 Å².